The molecule has 1 nitrogen and oxygen atoms in total. The van der Waals surface area contributed by atoms with Crippen molar-refractivity contribution in [3.8, 4) is 16.9 Å². The normalized spacial score (nSPS) is 11.7. The van der Waals surface area contributed by atoms with Crippen molar-refractivity contribution in [1.29, 1.82) is 0 Å². The Hall–Kier alpha value is -2.37. The van der Waals surface area contributed by atoms with Crippen molar-refractivity contribution in [1.82, 2.24) is 0 Å². The molecule has 2 aromatic rings. The zero-order valence-electron chi connectivity index (χ0n) is 13.1. The predicted molar refractivity (Wildman–Crippen MR) is 82.3 cm³/mol. The number of allylic oxidation sites excluding steroid dienone is 1. The van der Waals surface area contributed by atoms with Crippen molar-refractivity contribution < 1.29 is 26.7 Å². The molecular weight excluding hydrogens is 327 g/mol. The van der Waals surface area contributed by atoms with Gasteiger partial charge in [0.2, 0.25) is 5.82 Å². The van der Waals surface area contributed by atoms with Crippen LogP contribution in [0.4, 0.5) is 22.0 Å². The highest BCUT2D eigenvalue weighted by Gasteiger charge is 2.20. The quantitative estimate of drug-likeness (QED) is 0.603. The van der Waals surface area contributed by atoms with Crippen molar-refractivity contribution in [3.05, 3.63) is 58.9 Å². The van der Waals surface area contributed by atoms with E-state index in [-0.39, 0.29) is 24.3 Å². The van der Waals surface area contributed by atoms with Crippen LogP contribution in [0, 0.1) is 23.3 Å². The molecule has 2 rings (SSSR count). The second kappa shape index (κ2) is 7.47. The third-order valence-corrected chi connectivity index (χ3v) is 3.40. The van der Waals surface area contributed by atoms with E-state index in [9.17, 15) is 22.0 Å². The molecule has 0 spiro atoms. The molecule has 24 heavy (non-hydrogen) atoms. The maximum absolute atomic E-state index is 14.2. The van der Waals surface area contributed by atoms with E-state index in [4.69, 9.17) is 4.74 Å². The van der Waals surface area contributed by atoms with E-state index < -0.39 is 40.2 Å². The Balaban J connectivity index is 2.55. The van der Waals surface area contributed by atoms with Crippen LogP contribution in [0.15, 0.2) is 30.1 Å². The third kappa shape index (κ3) is 3.42. The summed E-state index contributed by atoms with van der Waals surface area (Å²) in [4.78, 5) is 0. The highest BCUT2D eigenvalue weighted by Crippen LogP contribution is 2.33. The molecule has 0 aromatic heterocycles. The molecule has 0 N–H and O–H groups in total. The van der Waals surface area contributed by atoms with Crippen molar-refractivity contribution in [2.45, 2.75) is 20.3 Å². The van der Waals surface area contributed by atoms with Crippen molar-refractivity contribution >= 4 is 6.08 Å². The lowest BCUT2D eigenvalue weighted by Gasteiger charge is -2.11. The van der Waals surface area contributed by atoms with Crippen LogP contribution in [0.5, 0.6) is 5.75 Å². The average Bonchev–Trinajstić information content (AvgIpc) is 2.57. The monoisotopic (exact) mass is 342 g/mol. The second-order valence-corrected chi connectivity index (χ2v) is 4.95. The fraction of sp³-hybridized carbons (Fsp3) is 0.222. The maximum atomic E-state index is 14.2. The molecule has 0 aliphatic rings. The Morgan fingerprint density at radius 1 is 0.875 bits per heavy atom. The lowest BCUT2D eigenvalue weighted by Crippen LogP contribution is -2.00. The minimum atomic E-state index is -1.38. The molecule has 2 aromatic carbocycles. The number of hydrogen-bond acceptors (Lipinski definition) is 1. The molecule has 0 bridgehead atoms. The van der Waals surface area contributed by atoms with Gasteiger partial charge in [-0.25, -0.2) is 17.6 Å². The molecule has 0 heterocycles. The van der Waals surface area contributed by atoms with E-state index in [2.05, 4.69) is 0 Å². The van der Waals surface area contributed by atoms with Gasteiger partial charge in [-0.15, -0.1) is 0 Å². The highest BCUT2D eigenvalue weighted by atomic mass is 19.2. The first-order valence-corrected chi connectivity index (χ1v) is 7.35. The molecule has 6 heteroatoms. The topological polar surface area (TPSA) is 9.23 Å². The lowest BCUT2D eigenvalue weighted by atomic mass is 10.0. The van der Waals surface area contributed by atoms with Crippen LogP contribution >= 0.6 is 0 Å². The molecule has 0 aliphatic carbocycles. The fourth-order valence-corrected chi connectivity index (χ4v) is 2.16. The van der Waals surface area contributed by atoms with Gasteiger partial charge in [0, 0.05) is 16.7 Å². The number of rotatable bonds is 5. The van der Waals surface area contributed by atoms with E-state index >= 15 is 0 Å². The molecule has 0 saturated heterocycles. The smallest absolute Gasteiger partial charge is 0.201 e. The van der Waals surface area contributed by atoms with Gasteiger partial charge in [-0.05, 0) is 31.6 Å². The summed E-state index contributed by atoms with van der Waals surface area (Å²) in [5, 5.41) is 0. The Morgan fingerprint density at radius 3 is 2.04 bits per heavy atom. The van der Waals surface area contributed by atoms with Gasteiger partial charge >= 0.3 is 0 Å². The average molecular weight is 342 g/mol. The van der Waals surface area contributed by atoms with Crippen LogP contribution in [0.25, 0.3) is 17.2 Å². The first kappa shape index (κ1) is 18.0. The van der Waals surface area contributed by atoms with Crippen LogP contribution in [0.2, 0.25) is 0 Å². The summed E-state index contributed by atoms with van der Waals surface area (Å²) in [7, 11) is 0. The first-order chi connectivity index (χ1) is 11.4. The van der Waals surface area contributed by atoms with Gasteiger partial charge in [0.15, 0.2) is 23.2 Å². The second-order valence-electron chi connectivity index (χ2n) is 4.95. The van der Waals surface area contributed by atoms with E-state index in [0.29, 0.717) is 0 Å². The zero-order chi connectivity index (χ0) is 17.9. The van der Waals surface area contributed by atoms with Crippen LogP contribution in [-0.2, 0) is 0 Å². The largest absolute Gasteiger partial charge is 0.491 e. The van der Waals surface area contributed by atoms with E-state index in [1.165, 1.54) is 6.92 Å². The molecule has 0 atom stereocenters. The first-order valence-electron chi connectivity index (χ1n) is 7.35. The Morgan fingerprint density at radius 2 is 1.46 bits per heavy atom. The van der Waals surface area contributed by atoms with Crippen molar-refractivity contribution in [2.75, 3.05) is 6.61 Å². The summed E-state index contributed by atoms with van der Waals surface area (Å²) in [6.45, 7) is 3.25. The van der Waals surface area contributed by atoms with E-state index in [1.54, 1.807) is 6.92 Å². The van der Waals surface area contributed by atoms with Crippen LogP contribution < -0.4 is 4.74 Å². The Labute approximate surface area is 136 Å². The molecule has 0 saturated carbocycles. The summed E-state index contributed by atoms with van der Waals surface area (Å²) in [5.74, 6) is -6.28. The molecule has 0 unspecified atom stereocenters. The van der Waals surface area contributed by atoms with E-state index in [0.717, 1.165) is 30.3 Å². The molecule has 0 amide bonds. The third-order valence-electron chi connectivity index (χ3n) is 3.40. The van der Waals surface area contributed by atoms with Crippen molar-refractivity contribution in [2.24, 2.45) is 0 Å². The van der Waals surface area contributed by atoms with Gasteiger partial charge in [-0.3, -0.25) is 0 Å². The summed E-state index contributed by atoms with van der Waals surface area (Å²) in [6, 6.07) is 4.42. The van der Waals surface area contributed by atoms with Crippen molar-refractivity contribution in [3.63, 3.8) is 0 Å². The minimum absolute atomic E-state index is 0.0293. The fourth-order valence-electron chi connectivity index (χ4n) is 2.16. The van der Waals surface area contributed by atoms with Gasteiger partial charge in [-0.1, -0.05) is 19.1 Å². The van der Waals surface area contributed by atoms with Gasteiger partial charge in [0.05, 0.1) is 6.61 Å². The molecule has 0 radical (unpaired) electrons. The minimum Gasteiger partial charge on any atom is -0.491 e. The molecular formula is C18H15F5O. The summed E-state index contributed by atoms with van der Waals surface area (Å²) >= 11 is 0. The number of ether oxygens (including phenoxy) is 1. The number of halogens is 5. The number of benzene rings is 2. The Bertz CT molecular complexity index is 783. The summed E-state index contributed by atoms with van der Waals surface area (Å²) in [5.41, 5.74) is -1.21. The van der Waals surface area contributed by atoms with Gasteiger partial charge in [0.25, 0.3) is 0 Å². The zero-order valence-corrected chi connectivity index (χ0v) is 13.1. The lowest BCUT2D eigenvalue weighted by molar-refractivity contribution is 0.314. The molecule has 128 valence electrons. The van der Waals surface area contributed by atoms with Gasteiger partial charge in [0.1, 0.15) is 5.83 Å². The highest BCUT2D eigenvalue weighted by molar-refractivity contribution is 5.68. The van der Waals surface area contributed by atoms with Crippen LogP contribution in [-0.4, -0.2) is 6.61 Å². The maximum Gasteiger partial charge on any atom is 0.201 e. The predicted octanol–water partition coefficient (Wildman–Crippen LogP) is 6.03. The van der Waals surface area contributed by atoms with Gasteiger partial charge in [-0.2, -0.15) is 4.39 Å². The standard InChI is InChI=1S/C18H15F5O/c1-3-11(19)9-10-5-6-12(16(21)15(10)20)13-7-8-14(24-4-2)18(23)17(13)22/h5-9H,3-4H2,1-2H3/b11-9-. The molecule has 0 fully saturated rings. The summed E-state index contributed by atoms with van der Waals surface area (Å²) < 4.78 is 74.4. The molecule has 0 aliphatic heterocycles. The number of hydrogen-bond donors (Lipinski definition) is 0. The SMILES string of the molecule is CCOc1ccc(-c2ccc(/C=C(\F)CC)c(F)c2F)c(F)c1F. The van der Waals surface area contributed by atoms with Gasteiger partial charge < -0.3 is 4.74 Å². The Kier molecular flexibility index (Phi) is 5.59. The van der Waals surface area contributed by atoms with Crippen LogP contribution in [0.3, 0.4) is 0 Å². The van der Waals surface area contributed by atoms with Crippen LogP contribution in [0.1, 0.15) is 25.8 Å². The summed E-state index contributed by atoms with van der Waals surface area (Å²) in [6.07, 6.45) is 0.888. The van der Waals surface area contributed by atoms with E-state index in [1.807, 2.05) is 0 Å².